The highest BCUT2D eigenvalue weighted by Crippen LogP contribution is 2.24. The number of hydrogen-bond acceptors (Lipinski definition) is 2. The highest BCUT2D eigenvalue weighted by Gasteiger charge is 2.27. The van der Waals surface area contributed by atoms with E-state index in [-0.39, 0.29) is 18.4 Å². The number of amides is 1. The van der Waals surface area contributed by atoms with Gasteiger partial charge in [-0.25, -0.2) is 0 Å². The van der Waals surface area contributed by atoms with Crippen LogP contribution < -0.4 is 0 Å². The van der Waals surface area contributed by atoms with E-state index < -0.39 is 0 Å². The molecule has 0 bridgehead atoms. The number of aliphatic hydroxyl groups is 1. The number of benzene rings is 1. The number of carbonyl (C=O) groups is 1. The number of rotatable bonds is 2. The normalized spacial score (nSPS) is 19.3. The zero-order chi connectivity index (χ0) is 13.4. The zero-order valence-electron chi connectivity index (χ0n) is 11.0. The maximum absolute atomic E-state index is 12.6. The van der Waals surface area contributed by atoms with Crippen molar-refractivity contribution in [3.8, 4) is 0 Å². The molecule has 1 amide bonds. The third-order valence-corrected chi connectivity index (χ3v) is 3.96. The molecule has 100 valence electrons. The average molecular weight is 258 g/mol. The van der Waals surface area contributed by atoms with Gasteiger partial charge in [0.1, 0.15) is 0 Å². The summed E-state index contributed by atoms with van der Waals surface area (Å²) in [6, 6.07) is 7.95. The lowest BCUT2D eigenvalue weighted by Crippen LogP contribution is -2.29. The monoisotopic (exact) mass is 258 g/mol. The molecule has 19 heavy (non-hydrogen) atoms. The van der Waals surface area contributed by atoms with Crippen molar-refractivity contribution in [3.05, 3.63) is 36.0 Å². The van der Waals surface area contributed by atoms with Crippen LogP contribution in [0.25, 0.3) is 10.9 Å². The molecule has 0 saturated carbocycles. The maximum atomic E-state index is 12.6. The molecule has 1 saturated heterocycles. The first-order valence-corrected chi connectivity index (χ1v) is 6.65. The van der Waals surface area contributed by atoms with Crippen molar-refractivity contribution in [1.82, 2.24) is 9.47 Å². The summed E-state index contributed by atoms with van der Waals surface area (Å²) in [6.45, 7) is 1.57. The van der Waals surface area contributed by atoms with E-state index in [0.29, 0.717) is 6.54 Å². The van der Waals surface area contributed by atoms with Gasteiger partial charge in [0.05, 0.1) is 5.56 Å². The van der Waals surface area contributed by atoms with E-state index in [1.54, 1.807) is 0 Å². The third kappa shape index (κ3) is 2.02. The van der Waals surface area contributed by atoms with E-state index in [9.17, 15) is 4.79 Å². The number of fused-ring (bicyclic) bond motifs is 1. The lowest BCUT2D eigenvalue weighted by atomic mass is 10.1. The van der Waals surface area contributed by atoms with Crippen LogP contribution in [0.15, 0.2) is 30.5 Å². The smallest absolute Gasteiger partial charge is 0.256 e. The topological polar surface area (TPSA) is 45.5 Å². The van der Waals surface area contributed by atoms with Crippen LogP contribution in [-0.2, 0) is 7.05 Å². The van der Waals surface area contributed by atoms with Gasteiger partial charge in [-0.2, -0.15) is 0 Å². The second-order valence-electron chi connectivity index (χ2n) is 5.26. The number of likely N-dealkylation sites (tertiary alicyclic amines) is 1. The largest absolute Gasteiger partial charge is 0.396 e. The van der Waals surface area contributed by atoms with Crippen LogP contribution in [0, 0.1) is 5.92 Å². The number of aromatic nitrogens is 1. The summed E-state index contributed by atoms with van der Waals surface area (Å²) in [5.41, 5.74) is 1.83. The summed E-state index contributed by atoms with van der Waals surface area (Å²) in [5, 5.41) is 10.2. The molecule has 0 spiro atoms. The Labute approximate surface area is 112 Å². The Bertz CT molecular complexity index is 618. The molecule has 0 aliphatic carbocycles. The standard InChI is InChI=1S/C15H18N2O2/c1-16-9-13(12-4-2-3-5-14(12)16)15(19)17-7-6-11(8-17)10-18/h2-5,9,11,18H,6-8,10H2,1H3. The summed E-state index contributed by atoms with van der Waals surface area (Å²) in [5.74, 6) is 0.312. The minimum absolute atomic E-state index is 0.0766. The van der Waals surface area contributed by atoms with Crippen molar-refractivity contribution in [3.63, 3.8) is 0 Å². The molecule has 4 heteroatoms. The SMILES string of the molecule is Cn1cc(C(=O)N2CCC(CO)C2)c2ccccc21. The van der Waals surface area contributed by atoms with Gasteiger partial charge in [0.15, 0.2) is 0 Å². The first-order chi connectivity index (χ1) is 9.20. The minimum atomic E-state index is 0.0766. The molecule has 4 nitrogen and oxygen atoms in total. The molecule has 1 atom stereocenters. The second kappa shape index (κ2) is 4.70. The summed E-state index contributed by atoms with van der Waals surface area (Å²) < 4.78 is 1.99. The molecule has 1 aliphatic heterocycles. The summed E-state index contributed by atoms with van der Waals surface area (Å²) in [7, 11) is 1.96. The molecule has 2 aromatic rings. The minimum Gasteiger partial charge on any atom is -0.396 e. The van der Waals surface area contributed by atoms with E-state index in [4.69, 9.17) is 5.11 Å². The predicted molar refractivity (Wildman–Crippen MR) is 74.0 cm³/mol. The van der Waals surface area contributed by atoms with Crippen LogP contribution in [0.3, 0.4) is 0 Å². The quantitative estimate of drug-likeness (QED) is 0.890. The lowest BCUT2D eigenvalue weighted by molar-refractivity contribution is 0.0783. The van der Waals surface area contributed by atoms with Gasteiger partial charge in [0.2, 0.25) is 0 Å². The number of para-hydroxylation sites is 1. The number of aryl methyl sites for hydroxylation is 1. The van der Waals surface area contributed by atoms with Crippen molar-refractivity contribution in [1.29, 1.82) is 0 Å². The van der Waals surface area contributed by atoms with Crippen LogP contribution >= 0.6 is 0 Å². The Kier molecular flexibility index (Phi) is 3.03. The Hall–Kier alpha value is -1.81. The van der Waals surface area contributed by atoms with Gasteiger partial charge in [-0.05, 0) is 12.5 Å². The summed E-state index contributed by atoms with van der Waals surface area (Å²) in [4.78, 5) is 14.4. The van der Waals surface area contributed by atoms with Crippen molar-refractivity contribution in [2.24, 2.45) is 13.0 Å². The van der Waals surface area contributed by atoms with Gasteiger partial charge in [-0.15, -0.1) is 0 Å². The molecule has 1 fully saturated rings. The summed E-state index contributed by atoms with van der Waals surface area (Å²) in [6.07, 6.45) is 2.80. The van der Waals surface area contributed by atoms with Crippen molar-refractivity contribution in [2.75, 3.05) is 19.7 Å². The van der Waals surface area contributed by atoms with E-state index in [1.807, 2.05) is 47.0 Å². The fourth-order valence-electron chi connectivity index (χ4n) is 2.85. The molecule has 1 aromatic carbocycles. The van der Waals surface area contributed by atoms with Gasteiger partial charge in [0, 0.05) is 49.8 Å². The Morgan fingerprint density at radius 1 is 1.42 bits per heavy atom. The highest BCUT2D eigenvalue weighted by atomic mass is 16.3. The first-order valence-electron chi connectivity index (χ1n) is 6.65. The first kappa shape index (κ1) is 12.2. The van der Waals surface area contributed by atoms with Gasteiger partial charge in [-0.1, -0.05) is 18.2 Å². The zero-order valence-corrected chi connectivity index (χ0v) is 11.0. The van der Waals surface area contributed by atoms with Crippen LogP contribution in [0.1, 0.15) is 16.8 Å². The number of carbonyl (C=O) groups excluding carboxylic acids is 1. The highest BCUT2D eigenvalue weighted by molar-refractivity contribution is 6.07. The number of hydrogen-bond donors (Lipinski definition) is 1. The fraction of sp³-hybridized carbons (Fsp3) is 0.400. The van der Waals surface area contributed by atoms with E-state index >= 15 is 0 Å². The van der Waals surface area contributed by atoms with Crippen LogP contribution in [0.2, 0.25) is 0 Å². The fourth-order valence-corrected chi connectivity index (χ4v) is 2.85. The Morgan fingerprint density at radius 2 is 2.21 bits per heavy atom. The molecule has 2 heterocycles. The predicted octanol–water partition coefficient (Wildman–Crippen LogP) is 1.63. The van der Waals surface area contributed by atoms with Crippen molar-refractivity contribution < 1.29 is 9.90 Å². The average Bonchev–Trinajstić information content (AvgIpc) is 3.04. The van der Waals surface area contributed by atoms with Crippen LogP contribution in [0.5, 0.6) is 0 Å². The van der Waals surface area contributed by atoms with Gasteiger partial charge in [0.25, 0.3) is 5.91 Å². The van der Waals surface area contributed by atoms with Crippen LogP contribution in [-0.4, -0.2) is 40.2 Å². The number of aliphatic hydroxyl groups excluding tert-OH is 1. The molecule has 1 aromatic heterocycles. The van der Waals surface area contributed by atoms with Gasteiger partial charge in [-0.3, -0.25) is 4.79 Å². The van der Waals surface area contributed by atoms with E-state index in [1.165, 1.54) is 0 Å². The van der Waals surface area contributed by atoms with E-state index in [0.717, 1.165) is 29.4 Å². The van der Waals surface area contributed by atoms with Crippen LogP contribution in [0.4, 0.5) is 0 Å². The third-order valence-electron chi connectivity index (χ3n) is 3.96. The second-order valence-corrected chi connectivity index (χ2v) is 5.26. The Morgan fingerprint density at radius 3 is 2.95 bits per heavy atom. The lowest BCUT2D eigenvalue weighted by Gasteiger charge is -2.15. The van der Waals surface area contributed by atoms with Crippen molar-refractivity contribution in [2.45, 2.75) is 6.42 Å². The maximum Gasteiger partial charge on any atom is 0.256 e. The van der Waals surface area contributed by atoms with E-state index in [2.05, 4.69) is 0 Å². The van der Waals surface area contributed by atoms with Crippen molar-refractivity contribution >= 4 is 16.8 Å². The molecule has 1 aliphatic rings. The van der Waals surface area contributed by atoms with Gasteiger partial charge >= 0.3 is 0 Å². The molecular weight excluding hydrogens is 240 g/mol. The molecule has 0 radical (unpaired) electrons. The molecular formula is C15H18N2O2. The number of nitrogens with zero attached hydrogens (tertiary/aromatic N) is 2. The summed E-state index contributed by atoms with van der Waals surface area (Å²) >= 11 is 0. The molecule has 3 rings (SSSR count). The molecule has 1 N–H and O–H groups in total. The van der Waals surface area contributed by atoms with Gasteiger partial charge < -0.3 is 14.6 Å². The Balaban J connectivity index is 1.94. The molecule has 1 unspecified atom stereocenters.